The van der Waals surface area contributed by atoms with Crippen LogP contribution in [0.4, 0.5) is 4.39 Å². The van der Waals surface area contributed by atoms with Crippen molar-refractivity contribution >= 4 is 21.6 Å². The topological polar surface area (TPSA) is 49.4 Å². The summed E-state index contributed by atoms with van der Waals surface area (Å²) < 4.78 is 39.9. The van der Waals surface area contributed by atoms with Crippen LogP contribution in [0.5, 0.6) is 0 Å². The first-order chi connectivity index (χ1) is 9.49. The molecule has 0 radical (unpaired) electrons. The minimum atomic E-state index is -3.81. The van der Waals surface area contributed by atoms with Crippen LogP contribution < -0.4 is 4.72 Å². The van der Waals surface area contributed by atoms with Crippen LogP contribution >= 0.6 is 11.6 Å². The second kappa shape index (κ2) is 6.85. The van der Waals surface area contributed by atoms with Crippen LogP contribution in [0.15, 0.2) is 23.1 Å². The lowest BCUT2D eigenvalue weighted by atomic mass is 10.3. The Morgan fingerprint density at radius 2 is 2.00 bits per heavy atom. The van der Waals surface area contributed by atoms with Gasteiger partial charge in [-0.1, -0.05) is 11.6 Å². The summed E-state index contributed by atoms with van der Waals surface area (Å²) in [4.78, 5) is 1.94. The predicted molar refractivity (Wildman–Crippen MR) is 76.9 cm³/mol. The lowest BCUT2D eigenvalue weighted by Gasteiger charge is -2.14. The standard InChI is InChI=1S/C13H18ClFN2O2S/c14-11-4-5-13(12(15)10-11)20(18,19)16-6-3-9-17-7-1-2-8-17/h4-5,10,16H,1-3,6-9H2. The van der Waals surface area contributed by atoms with Gasteiger partial charge in [-0.25, -0.2) is 17.5 Å². The summed E-state index contributed by atoms with van der Waals surface area (Å²) in [7, 11) is -3.81. The van der Waals surface area contributed by atoms with Gasteiger partial charge in [0.25, 0.3) is 0 Å². The molecule has 1 aromatic rings. The average molecular weight is 321 g/mol. The van der Waals surface area contributed by atoms with Gasteiger partial charge in [-0.15, -0.1) is 0 Å². The highest BCUT2D eigenvalue weighted by Gasteiger charge is 2.19. The summed E-state index contributed by atoms with van der Waals surface area (Å²) in [6.45, 7) is 3.34. The van der Waals surface area contributed by atoms with Crippen LogP contribution in [-0.2, 0) is 10.0 Å². The van der Waals surface area contributed by atoms with Crippen LogP contribution in [0.1, 0.15) is 19.3 Å². The fraction of sp³-hybridized carbons (Fsp3) is 0.538. The molecule has 1 N–H and O–H groups in total. The second-order valence-electron chi connectivity index (χ2n) is 4.87. The van der Waals surface area contributed by atoms with Crippen molar-refractivity contribution in [3.8, 4) is 0 Å². The minimum absolute atomic E-state index is 0.176. The molecule has 0 bridgehead atoms. The summed E-state index contributed by atoms with van der Waals surface area (Å²) in [6, 6.07) is 3.55. The third-order valence-corrected chi connectivity index (χ3v) is 5.05. The van der Waals surface area contributed by atoms with Gasteiger partial charge in [0.1, 0.15) is 10.7 Å². The molecular formula is C13H18ClFN2O2S. The van der Waals surface area contributed by atoms with Gasteiger partial charge in [0.15, 0.2) is 0 Å². The first-order valence-corrected chi connectivity index (χ1v) is 8.52. The van der Waals surface area contributed by atoms with Crippen molar-refractivity contribution in [3.05, 3.63) is 29.0 Å². The molecule has 0 unspecified atom stereocenters. The number of benzene rings is 1. The first kappa shape index (κ1) is 15.7. The molecule has 1 aromatic carbocycles. The SMILES string of the molecule is O=S(=O)(NCCCN1CCCC1)c1ccc(Cl)cc1F. The molecule has 20 heavy (non-hydrogen) atoms. The van der Waals surface area contributed by atoms with Crippen LogP contribution in [0.2, 0.25) is 5.02 Å². The van der Waals surface area contributed by atoms with Gasteiger partial charge >= 0.3 is 0 Å². The Kier molecular flexibility index (Phi) is 5.37. The Labute approximate surface area is 124 Å². The quantitative estimate of drug-likeness (QED) is 0.818. The molecule has 0 saturated carbocycles. The van der Waals surface area contributed by atoms with E-state index in [1.165, 1.54) is 25.0 Å². The molecule has 7 heteroatoms. The van der Waals surface area contributed by atoms with E-state index in [1.807, 2.05) is 0 Å². The van der Waals surface area contributed by atoms with Crippen molar-refractivity contribution in [1.82, 2.24) is 9.62 Å². The van der Waals surface area contributed by atoms with E-state index in [4.69, 9.17) is 11.6 Å². The van der Waals surface area contributed by atoms with Gasteiger partial charge in [-0.2, -0.15) is 0 Å². The van der Waals surface area contributed by atoms with Crippen molar-refractivity contribution < 1.29 is 12.8 Å². The average Bonchev–Trinajstić information content (AvgIpc) is 2.87. The smallest absolute Gasteiger partial charge is 0.243 e. The maximum absolute atomic E-state index is 13.6. The number of hydrogen-bond donors (Lipinski definition) is 1. The van der Waals surface area contributed by atoms with Crippen LogP contribution in [0, 0.1) is 5.82 Å². The van der Waals surface area contributed by atoms with Gasteiger partial charge in [0.05, 0.1) is 0 Å². The third kappa shape index (κ3) is 4.15. The van der Waals surface area contributed by atoms with Crippen LogP contribution in [0.3, 0.4) is 0 Å². The molecule has 1 heterocycles. The van der Waals surface area contributed by atoms with Crippen molar-refractivity contribution in [2.45, 2.75) is 24.2 Å². The summed E-state index contributed by atoms with van der Waals surface area (Å²) in [6.07, 6.45) is 3.14. The summed E-state index contributed by atoms with van der Waals surface area (Å²) in [5.41, 5.74) is 0. The molecule has 4 nitrogen and oxygen atoms in total. The van der Waals surface area contributed by atoms with E-state index in [-0.39, 0.29) is 9.92 Å². The Hall–Kier alpha value is -0.690. The van der Waals surface area contributed by atoms with Crippen LogP contribution in [0.25, 0.3) is 0 Å². The zero-order valence-corrected chi connectivity index (χ0v) is 12.7. The number of halogens is 2. The zero-order chi connectivity index (χ0) is 14.6. The van der Waals surface area contributed by atoms with Crippen molar-refractivity contribution in [2.75, 3.05) is 26.2 Å². The lowest BCUT2D eigenvalue weighted by molar-refractivity contribution is 0.334. The molecular weight excluding hydrogens is 303 g/mol. The summed E-state index contributed by atoms with van der Waals surface area (Å²) in [5.74, 6) is -0.829. The van der Waals surface area contributed by atoms with Gasteiger partial charge in [0, 0.05) is 11.6 Å². The minimum Gasteiger partial charge on any atom is -0.303 e. The van der Waals surface area contributed by atoms with Crippen molar-refractivity contribution in [1.29, 1.82) is 0 Å². The fourth-order valence-electron chi connectivity index (χ4n) is 2.29. The largest absolute Gasteiger partial charge is 0.303 e. The molecule has 0 spiro atoms. The van der Waals surface area contributed by atoms with E-state index < -0.39 is 15.8 Å². The maximum Gasteiger partial charge on any atom is 0.243 e. The Balaban J connectivity index is 1.87. The van der Waals surface area contributed by atoms with Crippen molar-refractivity contribution in [3.63, 3.8) is 0 Å². The van der Waals surface area contributed by atoms with E-state index >= 15 is 0 Å². The highest BCUT2D eigenvalue weighted by atomic mass is 35.5. The van der Waals surface area contributed by atoms with E-state index in [9.17, 15) is 12.8 Å². The molecule has 1 aliphatic rings. The first-order valence-electron chi connectivity index (χ1n) is 6.66. The van der Waals surface area contributed by atoms with Gasteiger partial charge in [0.2, 0.25) is 10.0 Å². The van der Waals surface area contributed by atoms with E-state index in [0.29, 0.717) is 13.0 Å². The number of nitrogens with zero attached hydrogens (tertiary/aromatic N) is 1. The molecule has 0 aromatic heterocycles. The lowest BCUT2D eigenvalue weighted by Crippen LogP contribution is -2.29. The molecule has 2 rings (SSSR count). The zero-order valence-electron chi connectivity index (χ0n) is 11.1. The van der Waals surface area contributed by atoms with E-state index in [1.54, 1.807) is 0 Å². The summed E-state index contributed by atoms with van der Waals surface area (Å²) >= 11 is 5.61. The second-order valence-corrected chi connectivity index (χ2v) is 7.05. The molecule has 112 valence electrons. The highest BCUT2D eigenvalue weighted by Crippen LogP contribution is 2.18. The Morgan fingerprint density at radius 1 is 1.30 bits per heavy atom. The van der Waals surface area contributed by atoms with Crippen LogP contribution in [-0.4, -0.2) is 39.5 Å². The normalized spacial score (nSPS) is 16.7. The third-order valence-electron chi connectivity index (χ3n) is 3.33. The maximum atomic E-state index is 13.6. The molecule has 0 amide bonds. The molecule has 1 aliphatic heterocycles. The van der Waals surface area contributed by atoms with E-state index in [0.717, 1.165) is 25.7 Å². The Morgan fingerprint density at radius 3 is 2.65 bits per heavy atom. The number of hydrogen-bond acceptors (Lipinski definition) is 3. The van der Waals surface area contributed by atoms with Crippen molar-refractivity contribution in [2.24, 2.45) is 0 Å². The van der Waals surface area contributed by atoms with E-state index in [2.05, 4.69) is 9.62 Å². The molecule has 1 fully saturated rings. The number of sulfonamides is 1. The Bertz CT molecular complexity index is 559. The van der Waals surface area contributed by atoms with Gasteiger partial charge in [-0.05, 0) is 57.1 Å². The monoisotopic (exact) mass is 320 g/mol. The molecule has 0 aliphatic carbocycles. The number of nitrogens with one attached hydrogen (secondary N) is 1. The number of likely N-dealkylation sites (tertiary alicyclic amines) is 1. The molecule has 1 saturated heterocycles. The summed E-state index contributed by atoms with van der Waals surface area (Å²) in [5, 5.41) is 0.176. The van der Waals surface area contributed by atoms with Gasteiger partial charge in [-0.3, -0.25) is 0 Å². The highest BCUT2D eigenvalue weighted by molar-refractivity contribution is 7.89. The molecule has 0 atom stereocenters. The number of rotatable bonds is 6. The predicted octanol–water partition coefficient (Wildman–Crippen LogP) is 2.24. The van der Waals surface area contributed by atoms with Gasteiger partial charge < -0.3 is 4.90 Å². The fourth-order valence-corrected chi connectivity index (χ4v) is 3.58.